The van der Waals surface area contributed by atoms with Gasteiger partial charge in [-0.05, 0) is 31.7 Å². The molecule has 0 saturated carbocycles. The number of carbonyl (C=O) groups is 4. The first kappa shape index (κ1) is 34.4. The molecule has 49 heavy (non-hydrogen) atoms. The molecule has 2 bridgehead atoms. The largest absolute Gasteiger partial charge is 0.454 e. The fourth-order valence-electron chi connectivity index (χ4n) is 6.88. The third-order valence-corrected chi connectivity index (χ3v) is 9.36. The quantitative estimate of drug-likeness (QED) is 0.143. The number of hydrogen-bond donors (Lipinski definition) is 6. The number of aryl methyl sites for hydroxylation is 1. The van der Waals surface area contributed by atoms with Crippen molar-refractivity contribution in [3.63, 3.8) is 0 Å². The van der Waals surface area contributed by atoms with Crippen LogP contribution in [-0.4, -0.2) is 106 Å². The Morgan fingerprint density at radius 2 is 1.84 bits per heavy atom. The Hall–Kier alpha value is -4.46. The van der Waals surface area contributed by atoms with Gasteiger partial charge in [0.15, 0.2) is 30.3 Å². The molecule has 4 aliphatic rings. The smallest absolute Gasteiger partial charge is 0.330 e. The highest BCUT2D eigenvalue weighted by atomic mass is 16.7. The Morgan fingerprint density at radius 1 is 1.10 bits per heavy atom. The molecule has 0 spiro atoms. The number of methoxy groups -OCH3 is 1. The van der Waals surface area contributed by atoms with E-state index in [4.69, 9.17) is 29.4 Å². The van der Waals surface area contributed by atoms with Crippen LogP contribution in [0.25, 0.3) is 0 Å². The van der Waals surface area contributed by atoms with Gasteiger partial charge >= 0.3 is 11.7 Å². The van der Waals surface area contributed by atoms with Crippen molar-refractivity contribution in [2.45, 2.75) is 87.0 Å². The molecule has 4 aliphatic heterocycles. The maximum atomic E-state index is 14.4. The predicted octanol–water partition coefficient (Wildman–Crippen LogP) is -3.07. The lowest BCUT2D eigenvalue weighted by Crippen LogP contribution is -2.65. The normalized spacial score (nSPS) is 34.8. The number of ether oxygens (including phenoxy) is 5. The first-order valence-corrected chi connectivity index (χ1v) is 15.7. The maximum absolute atomic E-state index is 14.4. The van der Waals surface area contributed by atoms with Gasteiger partial charge in [0.25, 0.3) is 11.5 Å². The van der Waals surface area contributed by atoms with Crippen molar-refractivity contribution < 1.29 is 53.1 Å². The van der Waals surface area contributed by atoms with Crippen LogP contribution in [0.3, 0.4) is 0 Å². The lowest BCUT2D eigenvalue weighted by molar-refractivity contribution is -0.303. The highest BCUT2D eigenvalue weighted by molar-refractivity contribution is 5.97. The Balaban J connectivity index is 1.37. The zero-order valence-corrected chi connectivity index (χ0v) is 26.5. The maximum Gasteiger partial charge on any atom is 0.330 e. The number of amides is 3. The summed E-state index contributed by atoms with van der Waals surface area (Å²) in [5.41, 5.74) is 2.70. The van der Waals surface area contributed by atoms with Crippen LogP contribution >= 0.6 is 0 Å². The van der Waals surface area contributed by atoms with Crippen molar-refractivity contribution in [3.8, 4) is 0 Å². The second-order valence-electron chi connectivity index (χ2n) is 12.4. The predicted molar refractivity (Wildman–Crippen MR) is 162 cm³/mol. The summed E-state index contributed by atoms with van der Waals surface area (Å²) in [5.74, 6) is -5.16. The number of nitrogens with two attached hydrogens (primary N) is 1. The van der Waals surface area contributed by atoms with Crippen molar-refractivity contribution >= 4 is 23.7 Å². The Labute approximate surface area is 277 Å². The first-order valence-electron chi connectivity index (χ1n) is 15.7. The highest BCUT2D eigenvalue weighted by Gasteiger charge is 2.69. The molecule has 0 aliphatic carbocycles. The van der Waals surface area contributed by atoms with E-state index in [0.717, 1.165) is 22.4 Å². The van der Waals surface area contributed by atoms with Gasteiger partial charge in [0.2, 0.25) is 11.8 Å². The Morgan fingerprint density at radius 3 is 2.51 bits per heavy atom. The number of aliphatic hydroxyl groups is 2. The van der Waals surface area contributed by atoms with Gasteiger partial charge in [0.05, 0.1) is 0 Å². The summed E-state index contributed by atoms with van der Waals surface area (Å²) in [5, 5.41) is 28.0. The molecule has 11 atom stereocenters. The number of carbonyl (C=O) groups excluding carboxylic acids is 4. The molecule has 1 aromatic heterocycles. The van der Waals surface area contributed by atoms with Crippen molar-refractivity contribution in [3.05, 3.63) is 68.5 Å². The molecule has 4 saturated heterocycles. The van der Waals surface area contributed by atoms with Crippen LogP contribution in [0.5, 0.6) is 0 Å². The number of benzene rings is 1. The molecular weight excluding hydrogens is 650 g/mol. The van der Waals surface area contributed by atoms with Crippen LogP contribution < -0.4 is 27.6 Å². The minimum atomic E-state index is -2.33. The number of rotatable bonds is 9. The molecule has 6 rings (SSSR count). The van der Waals surface area contributed by atoms with Crippen LogP contribution in [0.2, 0.25) is 0 Å². The molecule has 1 aromatic carbocycles. The topological polar surface area (TPSA) is 260 Å². The van der Waals surface area contributed by atoms with E-state index in [0.29, 0.717) is 25.8 Å². The summed E-state index contributed by atoms with van der Waals surface area (Å²) in [4.78, 5) is 79.8. The van der Waals surface area contributed by atoms with Crippen molar-refractivity contribution in [1.29, 1.82) is 0 Å². The van der Waals surface area contributed by atoms with Crippen LogP contribution in [0, 0.1) is 12.8 Å². The van der Waals surface area contributed by atoms with E-state index in [9.17, 15) is 39.0 Å². The molecule has 264 valence electrons. The molecule has 18 nitrogen and oxygen atoms in total. The lowest BCUT2D eigenvalue weighted by atomic mass is 9.74. The number of aromatic amines is 1. The fourth-order valence-corrected chi connectivity index (χ4v) is 6.88. The lowest BCUT2D eigenvalue weighted by Gasteiger charge is -2.45. The first-order chi connectivity index (χ1) is 23.4. The second-order valence-corrected chi connectivity index (χ2v) is 12.4. The van der Waals surface area contributed by atoms with E-state index >= 15 is 0 Å². The summed E-state index contributed by atoms with van der Waals surface area (Å²) in [6.07, 6.45) is -10.3. The van der Waals surface area contributed by atoms with Gasteiger partial charge in [-0.15, -0.1) is 0 Å². The van der Waals surface area contributed by atoms with E-state index < -0.39 is 102 Å². The number of fused-ring (bicyclic) bond motifs is 2. The van der Waals surface area contributed by atoms with Crippen molar-refractivity contribution in [1.82, 2.24) is 20.2 Å². The summed E-state index contributed by atoms with van der Waals surface area (Å²) < 4.78 is 30.0. The standard InChI is InChI=1S/C31H37N5O13/c1-13-6-8-14(9-7-13)31(29(43)34-15-5-3-4-11-33-25(15)41)17-18(38)21(47-27(17)42)28(49-31)48-23(24(32)40)22-20(45-2)19(39)26(46-22)36-12-10-16(37)35-30(36)44/h6-10,12,15,17-23,26,28,38-39H,3-5,11H2,1-2H3,(H2,32,40)(H,33,41)(H,34,43)(H,35,37,44)/t15-,17-,18+,19+,20-,21-,22-,23+,26+,28-,31+/m0/s1. The van der Waals surface area contributed by atoms with Gasteiger partial charge in [-0.1, -0.05) is 29.8 Å². The van der Waals surface area contributed by atoms with Crippen LogP contribution in [0.15, 0.2) is 46.1 Å². The minimum absolute atomic E-state index is 0.120. The zero-order chi connectivity index (χ0) is 35.2. The molecule has 0 unspecified atom stereocenters. The number of H-pyrrole nitrogens is 1. The van der Waals surface area contributed by atoms with E-state index in [2.05, 4.69) is 10.6 Å². The van der Waals surface area contributed by atoms with E-state index in [1.165, 1.54) is 19.2 Å². The van der Waals surface area contributed by atoms with E-state index in [1.807, 2.05) is 4.98 Å². The molecule has 2 aromatic rings. The van der Waals surface area contributed by atoms with E-state index in [-0.39, 0.29) is 5.56 Å². The van der Waals surface area contributed by atoms with Crippen LogP contribution in [0.4, 0.5) is 0 Å². The van der Waals surface area contributed by atoms with Gasteiger partial charge in [-0.25, -0.2) is 4.79 Å². The molecular formula is C31H37N5O13. The summed E-state index contributed by atoms with van der Waals surface area (Å²) in [6, 6.07) is 6.38. The van der Waals surface area contributed by atoms with Gasteiger partial charge in [-0.3, -0.25) is 33.5 Å². The number of nitrogens with zero attached hydrogens (tertiary/aromatic N) is 1. The number of aliphatic hydroxyl groups excluding tert-OH is 2. The highest BCUT2D eigenvalue weighted by Crippen LogP contribution is 2.49. The van der Waals surface area contributed by atoms with Crippen LogP contribution in [0.1, 0.15) is 36.6 Å². The van der Waals surface area contributed by atoms with E-state index in [1.54, 1.807) is 19.1 Å². The second kappa shape index (κ2) is 13.4. The molecule has 5 heterocycles. The number of primary amides is 1. The van der Waals surface area contributed by atoms with Gasteiger partial charge in [-0.2, -0.15) is 0 Å². The van der Waals surface area contributed by atoms with Gasteiger partial charge in [0.1, 0.15) is 36.4 Å². The fraction of sp³-hybridized carbons (Fsp3) is 0.548. The summed E-state index contributed by atoms with van der Waals surface area (Å²) >= 11 is 0. The average molecular weight is 688 g/mol. The minimum Gasteiger partial charge on any atom is -0.454 e. The Kier molecular flexibility index (Phi) is 9.44. The Bertz CT molecular complexity index is 1730. The summed E-state index contributed by atoms with van der Waals surface area (Å²) in [7, 11) is 1.20. The molecule has 0 radical (unpaired) electrons. The third kappa shape index (κ3) is 6.04. The number of esters is 1. The molecule has 3 amide bonds. The monoisotopic (exact) mass is 687 g/mol. The SMILES string of the molecule is CO[C@H]1[C@@H](O)[C@H](n2ccc(=O)[nH]c2=O)O[C@@H]1[C@@H](O[C@H]1O[C@](C(=O)N[C@H]2CCCCNC2=O)(c2ccc(C)cc2)[C@@H]2C(=O)O[C@H]1[C@@H]2O)C(N)=O. The van der Waals surface area contributed by atoms with Gasteiger partial charge < -0.3 is 50.3 Å². The van der Waals surface area contributed by atoms with Crippen molar-refractivity contribution in [2.24, 2.45) is 11.7 Å². The molecule has 4 fully saturated rings. The summed E-state index contributed by atoms with van der Waals surface area (Å²) in [6.45, 7) is 2.21. The van der Waals surface area contributed by atoms with Gasteiger partial charge in [0, 0.05) is 25.9 Å². The van der Waals surface area contributed by atoms with Crippen molar-refractivity contribution in [2.75, 3.05) is 13.7 Å². The molecule has 18 heteroatoms. The zero-order valence-electron chi connectivity index (χ0n) is 26.5. The number of nitrogens with one attached hydrogen (secondary N) is 3. The number of hydrogen-bond acceptors (Lipinski definition) is 13. The third-order valence-electron chi connectivity index (χ3n) is 9.36. The molecule has 7 N–H and O–H groups in total. The van der Waals surface area contributed by atoms with Crippen LogP contribution in [-0.2, 0) is 48.5 Å². The number of aromatic nitrogens is 2. The average Bonchev–Trinajstić information content (AvgIpc) is 3.39.